The van der Waals surface area contributed by atoms with E-state index in [1.165, 1.54) is 39.1 Å². The Hall–Kier alpha value is -1.77. The van der Waals surface area contributed by atoms with Crippen LogP contribution in [0, 0.1) is 0 Å². The van der Waals surface area contributed by atoms with E-state index in [-0.39, 0.29) is 10.9 Å². The summed E-state index contributed by atoms with van der Waals surface area (Å²) in [4.78, 5) is 27.4. The van der Waals surface area contributed by atoms with Gasteiger partial charge in [-0.3, -0.25) is 9.59 Å². The molecule has 0 radical (unpaired) electrons. The van der Waals surface area contributed by atoms with E-state index < -0.39 is 0 Å². The minimum absolute atomic E-state index is 0.00119. The highest BCUT2D eigenvalue weighted by atomic mass is 32.2. The largest absolute Gasteiger partial charge is 0.288 e. The molecule has 0 atom stereocenters. The molecule has 0 aliphatic carbocycles. The van der Waals surface area contributed by atoms with Crippen molar-refractivity contribution in [2.24, 2.45) is 0 Å². The predicted octanol–water partition coefficient (Wildman–Crippen LogP) is 7.40. The zero-order valence-corrected chi connectivity index (χ0v) is 17.7. The molecule has 132 valence electrons. The van der Waals surface area contributed by atoms with Crippen molar-refractivity contribution in [3.8, 4) is 0 Å². The number of benzene rings is 1. The minimum atomic E-state index is -0.0107. The Labute approximate surface area is 175 Å². The van der Waals surface area contributed by atoms with Gasteiger partial charge in [-0.15, -0.1) is 45.3 Å². The van der Waals surface area contributed by atoms with Crippen LogP contribution in [0.5, 0.6) is 0 Å². The van der Waals surface area contributed by atoms with E-state index in [0.29, 0.717) is 15.3 Å². The van der Waals surface area contributed by atoms with Gasteiger partial charge in [-0.2, -0.15) is 0 Å². The predicted molar refractivity (Wildman–Crippen MR) is 119 cm³/mol. The maximum Gasteiger partial charge on any atom is 0.234 e. The summed E-state index contributed by atoms with van der Waals surface area (Å²) in [6.45, 7) is 0. The summed E-state index contributed by atoms with van der Waals surface area (Å²) in [6.07, 6.45) is 0. The molecule has 0 spiro atoms. The molecule has 4 heterocycles. The fourth-order valence-corrected chi connectivity index (χ4v) is 8.25. The third-order valence-electron chi connectivity index (χ3n) is 4.08. The number of rotatable bonds is 4. The summed E-state index contributed by atoms with van der Waals surface area (Å²) >= 11 is 7.27. The Morgan fingerprint density at radius 3 is 2.30 bits per heavy atom. The highest BCUT2D eigenvalue weighted by molar-refractivity contribution is 8.16. The van der Waals surface area contributed by atoms with Crippen molar-refractivity contribution in [1.82, 2.24) is 0 Å². The van der Waals surface area contributed by atoms with Gasteiger partial charge >= 0.3 is 0 Å². The van der Waals surface area contributed by atoms with E-state index in [1.54, 1.807) is 22.7 Å². The lowest BCUT2D eigenvalue weighted by Gasteiger charge is -2.02. The van der Waals surface area contributed by atoms with Crippen molar-refractivity contribution < 1.29 is 9.59 Å². The Balaban J connectivity index is 1.71. The van der Waals surface area contributed by atoms with Gasteiger partial charge in [-0.1, -0.05) is 30.3 Å². The first-order chi connectivity index (χ1) is 13.2. The minimum Gasteiger partial charge on any atom is -0.288 e. The average molecular weight is 443 g/mol. The lowest BCUT2D eigenvalue weighted by Crippen LogP contribution is -2.00. The second-order valence-corrected chi connectivity index (χ2v) is 11.2. The van der Waals surface area contributed by atoms with Crippen LogP contribution >= 0.6 is 57.1 Å². The van der Waals surface area contributed by atoms with Gasteiger partial charge in [0.2, 0.25) is 10.9 Å². The summed E-state index contributed by atoms with van der Waals surface area (Å²) in [5, 5.41) is 5.87. The second-order valence-electron chi connectivity index (χ2n) is 5.70. The van der Waals surface area contributed by atoms with Gasteiger partial charge in [0.25, 0.3) is 0 Å². The van der Waals surface area contributed by atoms with Gasteiger partial charge in [0, 0.05) is 15.5 Å². The van der Waals surface area contributed by atoms with E-state index in [1.807, 2.05) is 47.2 Å². The average Bonchev–Trinajstić information content (AvgIpc) is 3.44. The molecule has 0 aliphatic rings. The summed E-state index contributed by atoms with van der Waals surface area (Å²) in [5.41, 5.74) is 0.671. The maximum absolute atomic E-state index is 13.3. The first-order valence-corrected chi connectivity index (χ1v) is 12.2. The van der Waals surface area contributed by atoms with Crippen LogP contribution in [-0.2, 0) is 0 Å². The van der Waals surface area contributed by atoms with E-state index in [2.05, 4.69) is 12.1 Å². The number of thiophene rings is 4. The molecule has 5 rings (SSSR count). The van der Waals surface area contributed by atoms with Crippen LogP contribution in [0.15, 0.2) is 63.5 Å². The van der Waals surface area contributed by atoms with Crippen LogP contribution in [0.2, 0.25) is 0 Å². The number of carbonyl (C=O) groups is 2. The topological polar surface area (TPSA) is 34.1 Å². The van der Waals surface area contributed by atoms with Crippen LogP contribution in [0.4, 0.5) is 0 Å². The first kappa shape index (κ1) is 17.3. The molecule has 0 aliphatic heterocycles. The van der Waals surface area contributed by atoms with Crippen molar-refractivity contribution in [3.63, 3.8) is 0 Å². The third kappa shape index (κ3) is 2.99. The molecule has 7 heteroatoms. The van der Waals surface area contributed by atoms with E-state index >= 15 is 0 Å². The number of hydrogen-bond donors (Lipinski definition) is 0. The molecule has 0 fully saturated rings. The number of fused-ring (bicyclic) bond motifs is 3. The molecule has 0 unspecified atom stereocenters. The Bertz CT molecular complexity index is 1270. The molecule has 0 saturated carbocycles. The monoisotopic (exact) mass is 442 g/mol. The quantitative estimate of drug-likeness (QED) is 0.215. The summed E-state index contributed by atoms with van der Waals surface area (Å²) in [6, 6.07) is 15.6. The van der Waals surface area contributed by atoms with Crippen molar-refractivity contribution in [2.45, 2.75) is 4.21 Å². The van der Waals surface area contributed by atoms with E-state index in [0.717, 1.165) is 19.0 Å². The normalized spacial score (nSPS) is 11.4. The summed E-state index contributed by atoms with van der Waals surface area (Å²) < 4.78 is 3.05. The number of carbonyl (C=O) groups excluding carboxylic acids is 2. The second kappa shape index (κ2) is 7.00. The van der Waals surface area contributed by atoms with E-state index in [9.17, 15) is 9.59 Å². The van der Waals surface area contributed by atoms with Crippen molar-refractivity contribution >= 4 is 87.5 Å². The highest BCUT2D eigenvalue weighted by Crippen LogP contribution is 2.47. The van der Waals surface area contributed by atoms with Crippen molar-refractivity contribution in [3.05, 3.63) is 74.6 Å². The van der Waals surface area contributed by atoms with Gasteiger partial charge in [0.15, 0.2) is 0 Å². The van der Waals surface area contributed by atoms with Crippen LogP contribution in [0.25, 0.3) is 19.5 Å². The molecule has 0 bridgehead atoms. The van der Waals surface area contributed by atoms with E-state index in [4.69, 9.17) is 0 Å². The van der Waals surface area contributed by atoms with Gasteiger partial charge in [-0.05, 0) is 40.7 Å². The lowest BCUT2D eigenvalue weighted by atomic mass is 10.1. The van der Waals surface area contributed by atoms with Crippen molar-refractivity contribution in [1.29, 1.82) is 0 Å². The van der Waals surface area contributed by atoms with Gasteiger partial charge < -0.3 is 0 Å². The SMILES string of the molecule is O=C(Sc1sc2sc3ccccc3c2c1C(=O)c1cccs1)c1cccs1. The molecule has 0 saturated heterocycles. The van der Waals surface area contributed by atoms with Gasteiger partial charge in [0.1, 0.15) is 0 Å². The van der Waals surface area contributed by atoms with Crippen LogP contribution in [0.3, 0.4) is 0 Å². The maximum atomic E-state index is 13.3. The van der Waals surface area contributed by atoms with Crippen molar-refractivity contribution in [2.75, 3.05) is 0 Å². The zero-order chi connectivity index (χ0) is 18.4. The molecule has 1 aromatic carbocycles. The molecule has 0 N–H and O–H groups in total. The number of hydrogen-bond acceptors (Lipinski definition) is 7. The van der Waals surface area contributed by atoms with Gasteiger partial charge in [-0.25, -0.2) is 0 Å². The molecule has 27 heavy (non-hydrogen) atoms. The Morgan fingerprint density at radius 2 is 1.56 bits per heavy atom. The molecule has 4 aromatic heterocycles. The fourth-order valence-electron chi connectivity index (χ4n) is 2.91. The summed E-state index contributed by atoms with van der Waals surface area (Å²) in [5.74, 6) is 0.00119. The Morgan fingerprint density at radius 1 is 0.815 bits per heavy atom. The molecule has 5 aromatic rings. The van der Waals surface area contributed by atoms with Crippen LogP contribution in [-0.4, -0.2) is 10.9 Å². The third-order valence-corrected chi connectivity index (χ3v) is 9.49. The lowest BCUT2D eigenvalue weighted by molar-refractivity contribution is 0.104. The first-order valence-electron chi connectivity index (χ1n) is 8.00. The smallest absolute Gasteiger partial charge is 0.234 e. The molecular formula is C20H10O2S5. The van der Waals surface area contributed by atoms with Gasteiger partial charge in [0.05, 0.1) is 23.5 Å². The summed E-state index contributed by atoms with van der Waals surface area (Å²) in [7, 11) is 0. The molecule has 0 amide bonds. The highest BCUT2D eigenvalue weighted by Gasteiger charge is 2.26. The number of ketones is 1. The fraction of sp³-hybridized carbons (Fsp3) is 0. The molecular weight excluding hydrogens is 433 g/mol. The zero-order valence-electron chi connectivity index (χ0n) is 13.6. The van der Waals surface area contributed by atoms with Crippen LogP contribution < -0.4 is 0 Å². The molecule has 2 nitrogen and oxygen atoms in total. The van der Waals surface area contributed by atoms with Crippen LogP contribution in [0.1, 0.15) is 24.9 Å². The number of thioether (sulfide) groups is 1. The standard InChI is InChI=1S/C20H10O2S5/c21-17(13-7-3-9-23-13)16-15-11-5-1-2-6-12(11)25-19(15)27-20(16)26-18(22)14-8-4-10-24-14/h1-10H. The Kier molecular flexibility index (Phi) is 4.49.